The average molecular weight is 540 g/mol. The number of methoxy groups -OCH3 is 2. The summed E-state index contributed by atoms with van der Waals surface area (Å²) in [5.41, 5.74) is 1.00. The summed E-state index contributed by atoms with van der Waals surface area (Å²) in [6.07, 6.45) is 1.76. The van der Waals surface area contributed by atoms with E-state index in [4.69, 9.17) is 14.2 Å². The molecule has 0 fully saturated rings. The molecule has 0 radical (unpaired) electrons. The number of ether oxygens (including phenoxy) is 3. The van der Waals surface area contributed by atoms with Crippen LogP contribution in [0.4, 0.5) is 0 Å². The maximum absolute atomic E-state index is 5.89. The molecule has 0 saturated heterocycles. The SMILES string of the molecule is CN=C(NCc1ccc(Oc2c(OC)cccc2OC)nc1)NCc1cccs1.I. The number of rotatable bonds is 8. The molecule has 0 aliphatic heterocycles. The summed E-state index contributed by atoms with van der Waals surface area (Å²) in [6.45, 7) is 1.33. The van der Waals surface area contributed by atoms with Crippen molar-refractivity contribution in [3.8, 4) is 23.1 Å². The van der Waals surface area contributed by atoms with Gasteiger partial charge in [-0.2, -0.15) is 0 Å². The standard InChI is InChI=1S/C21H24N4O3S.HI/c1-22-21(25-14-16-6-5-11-29-16)24-13-15-9-10-19(23-12-15)28-20-17(26-2)7-4-8-18(20)27-3;/h4-12H,13-14H2,1-3H3,(H2,22,24,25);1H. The minimum Gasteiger partial charge on any atom is -0.493 e. The average Bonchev–Trinajstić information content (AvgIpc) is 3.28. The number of benzene rings is 1. The monoisotopic (exact) mass is 540 g/mol. The highest BCUT2D eigenvalue weighted by molar-refractivity contribution is 14.0. The van der Waals surface area contributed by atoms with Crippen molar-refractivity contribution < 1.29 is 14.2 Å². The number of guanidine groups is 1. The number of nitrogens with one attached hydrogen (secondary N) is 2. The van der Waals surface area contributed by atoms with E-state index in [1.54, 1.807) is 38.8 Å². The fraction of sp³-hybridized carbons (Fsp3) is 0.238. The first kappa shape index (κ1) is 23.7. The Hall–Kier alpha value is -2.53. The zero-order valence-electron chi connectivity index (χ0n) is 17.0. The maximum Gasteiger partial charge on any atom is 0.219 e. The number of pyridine rings is 1. The Kier molecular flexibility index (Phi) is 9.68. The van der Waals surface area contributed by atoms with Crippen molar-refractivity contribution >= 4 is 41.3 Å². The van der Waals surface area contributed by atoms with Crippen LogP contribution in [-0.2, 0) is 13.1 Å². The van der Waals surface area contributed by atoms with Crippen LogP contribution in [0.25, 0.3) is 0 Å². The highest BCUT2D eigenvalue weighted by Crippen LogP contribution is 2.39. The number of nitrogens with zero attached hydrogens (tertiary/aromatic N) is 2. The van der Waals surface area contributed by atoms with Crippen LogP contribution in [0.15, 0.2) is 59.0 Å². The van der Waals surface area contributed by atoms with Gasteiger partial charge in [0.1, 0.15) is 0 Å². The fourth-order valence-corrected chi connectivity index (χ4v) is 3.23. The second-order valence-corrected chi connectivity index (χ2v) is 6.99. The van der Waals surface area contributed by atoms with E-state index in [0.29, 0.717) is 29.7 Å². The smallest absolute Gasteiger partial charge is 0.219 e. The summed E-state index contributed by atoms with van der Waals surface area (Å²) < 4.78 is 16.6. The van der Waals surface area contributed by atoms with Gasteiger partial charge in [-0.15, -0.1) is 35.3 Å². The van der Waals surface area contributed by atoms with Gasteiger partial charge in [-0.3, -0.25) is 4.99 Å². The van der Waals surface area contributed by atoms with Crippen LogP contribution in [0, 0.1) is 0 Å². The van der Waals surface area contributed by atoms with Crippen molar-refractivity contribution in [3.63, 3.8) is 0 Å². The third kappa shape index (κ3) is 6.49. The molecule has 0 bridgehead atoms. The van der Waals surface area contributed by atoms with Gasteiger partial charge in [0.25, 0.3) is 0 Å². The first-order valence-electron chi connectivity index (χ1n) is 9.04. The Labute approximate surface area is 197 Å². The van der Waals surface area contributed by atoms with E-state index < -0.39 is 0 Å². The van der Waals surface area contributed by atoms with E-state index in [1.807, 2.05) is 36.4 Å². The number of aromatic nitrogens is 1. The molecule has 3 aromatic rings. The minimum absolute atomic E-state index is 0. The zero-order valence-corrected chi connectivity index (χ0v) is 20.2. The summed E-state index contributed by atoms with van der Waals surface area (Å²) >= 11 is 1.71. The van der Waals surface area contributed by atoms with Crippen LogP contribution >= 0.6 is 35.3 Å². The highest BCUT2D eigenvalue weighted by atomic mass is 127. The molecule has 0 aliphatic carbocycles. The quantitative estimate of drug-likeness (QED) is 0.250. The second-order valence-electron chi connectivity index (χ2n) is 5.96. The largest absolute Gasteiger partial charge is 0.493 e. The number of thiophene rings is 1. The van der Waals surface area contributed by atoms with Gasteiger partial charge < -0.3 is 24.8 Å². The lowest BCUT2D eigenvalue weighted by molar-refractivity contribution is 0.342. The molecule has 3 rings (SSSR count). The van der Waals surface area contributed by atoms with Gasteiger partial charge in [-0.1, -0.05) is 18.2 Å². The second kappa shape index (κ2) is 12.2. The molecule has 0 unspecified atom stereocenters. The molecule has 0 aliphatic rings. The molecule has 2 N–H and O–H groups in total. The number of para-hydroxylation sites is 1. The van der Waals surface area contributed by atoms with Gasteiger partial charge in [0.2, 0.25) is 11.6 Å². The van der Waals surface area contributed by atoms with Crippen molar-refractivity contribution in [2.24, 2.45) is 4.99 Å². The van der Waals surface area contributed by atoms with E-state index in [0.717, 1.165) is 18.1 Å². The Morgan fingerprint density at radius 2 is 1.73 bits per heavy atom. The van der Waals surface area contributed by atoms with E-state index in [-0.39, 0.29) is 24.0 Å². The van der Waals surface area contributed by atoms with Crippen molar-refractivity contribution in [2.45, 2.75) is 13.1 Å². The molecule has 0 atom stereocenters. The van der Waals surface area contributed by atoms with Gasteiger partial charge in [0.05, 0.1) is 20.8 Å². The van der Waals surface area contributed by atoms with Gasteiger partial charge in [-0.05, 0) is 29.1 Å². The maximum atomic E-state index is 5.89. The molecule has 160 valence electrons. The highest BCUT2D eigenvalue weighted by Gasteiger charge is 2.13. The van der Waals surface area contributed by atoms with E-state index >= 15 is 0 Å². The Bertz CT molecular complexity index is 912. The van der Waals surface area contributed by atoms with Crippen LogP contribution in [0.5, 0.6) is 23.1 Å². The van der Waals surface area contributed by atoms with E-state index in [1.165, 1.54) is 4.88 Å². The lowest BCUT2D eigenvalue weighted by atomic mass is 10.3. The Balaban J connectivity index is 0.00000320. The molecular weight excluding hydrogens is 515 g/mol. The van der Waals surface area contributed by atoms with E-state index in [9.17, 15) is 0 Å². The molecule has 7 nitrogen and oxygen atoms in total. The number of hydrogen-bond acceptors (Lipinski definition) is 6. The Morgan fingerprint density at radius 1 is 1.00 bits per heavy atom. The van der Waals surface area contributed by atoms with Crippen molar-refractivity contribution in [3.05, 3.63) is 64.5 Å². The molecule has 1 aromatic carbocycles. The lowest BCUT2D eigenvalue weighted by Gasteiger charge is -2.14. The fourth-order valence-electron chi connectivity index (χ4n) is 2.59. The summed E-state index contributed by atoms with van der Waals surface area (Å²) in [5.74, 6) is 2.85. The third-order valence-corrected chi connectivity index (χ3v) is 4.96. The van der Waals surface area contributed by atoms with Crippen molar-refractivity contribution in [1.82, 2.24) is 15.6 Å². The predicted octanol–water partition coefficient (Wildman–Crippen LogP) is 4.44. The lowest BCUT2D eigenvalue weighted by Crippen LogP contribution is -2.36. The molecule has 30 heavy (non-hydrogen) atoms. The predicted molar refractivity (Wildman–Crippen MR) is 131 cm³/mol. The first-order chi connectivity index (χ1) is 14.2. The number of halogens is 1. The Morgan fingerprint density at radius 3 is 2.30 bits per heavy atom. The molecule has 2 aromatic heterocycles. The van der Waals surface area contributed by atoms with Crippen LogP contribution in [0.3, 0.4) is 0 Å². The van der Waals surface area contributed by atoms with Gasteiger partial charge in [0.15, 0.2) is 17.5 Å². The first-order valence-corrected chi connectivity index (χ1v) is 9.92. The molecular formula is C21H25IN4O3S. The van der Waals surface area contributed by atoms with Gasteiger partial charge in [-0.25, -0.2) is 4.98 Å². The van der Waals surface area contributed by atoms with Crippen LogP contribution < -0.4 is 24.8 Å². The normalized spacial score (nSPS) is 10.7. The van der Waals surface area contributed by atoms with Crippen molar-refractivity contribution in [2.75, 3.05) is 21.3 Å². The minimum atomic E-state index is 0. The molecule has 2 heterocycles. The molecule has 0 amide bonds. The van der Waals surface area contributed by atoms with Crippen LogP contribution in [0.2, 0.25) is 0 Å². The topological polar surface area (TPSA) is 77.0 Å². The van der Waals surface area contributed by atoms with E-state index in [2.05, 4.69) is 32.1 Å². The van der Waals surface area contributed by atoms with Gasteiger partial charge in [0, 0.05) is 30.7 Å². The van der Waals surface area contributed by atoms with Crippen LogP contribution in [-0.4, -0.2) is 32.2 Å². The van der Waals surface area contributed by atoms with Crippen molar-refractivity contribution in [1.29, 1.82) is 0 Å². The molecule has 0 saturated carbocycles. The van der Waals surface area contributed by atoms with Gasteiger partial charge >= 0.3 is 0 Å². The number of aliphatic imine (C=N–C) groups is 1. The molecule has 9 heteroatoms. The molecule has 0 spiro atoms. The summed E-state index contributed by atoms with van der Waals surface area (Å²) in [5, 5.41) is 8.62. The summed E-state index contributed by atoms with van der Waals surface area (Å²) in [4.78, 5) is 9.88. The summed E-state index contributed by atoms with van der Waals surface area (Å²) in [6, 6.07) is 13.3. The summed E-state index contributed by atoms with van der Waals surface area (Å²) in [7, 11) is 4.92. The zero-order chi connectivity index (χ0) is 20.5. The third-order valence-electron chi connectivity index (χ3n) is 4.08. The number of hydrogen-bond donors (Lipinski definition) is 2. The van der Waals surface area contributed by atoms with Crippen LogP contribution in [0.1, 0.15) is 10.4 Å².